The van der Waals surface area contributed by atoms with Gasteiger partial charge in [0.25, 0.3) is 5.91 Å². The van der Waals surface area contributed by atoms with Gasteiger partial charge >= 0.3 is 18.2 Å². The molecular formula is C25H29F3N2O5. The third-order valence-corrected chi connectivity index (χ3v) is 6.69. The molecule has 0 atom stereocenters. The van der Waals surface area contributed by atoms with Gasteiger partial charge in [-0.25, -0.2) is 9.59 Å². The summed E-state index contributed by atoms with van der Waals surface area (Å²) in [4.78, 5) is 41.6. The Bertz CT molecular complexity index is 1100. The number of hydrogen-bond donors (Lipinski definition) is 0. The first-order valence-electron chi connectivity index (χ1n) is 11.6. The molecule has 190 valence electrons. The van der Waals surface area contributed by atoms with Crippen LogP contribution in [0.2, 0.25) is 0 Å². The minimum atomic E-state index is -4.47. The van der Waals surface area contributed by atoms with E-state index in [9.17, 15) is 27.6 Å². The minimum absolute atomic E-state index is 0.0170. The third-order valence-electron chi connectivity index (χ3n) is 6.69. The largest absolute Gasteiger partial charge is 0.450 e. The molecule has 10 heteroatoms. The Morgan fingerprint density at radius 1 is 1.03 bits per heavy atom. The van der Waals surface area contributed by atoms with Crippen molar-refractivity contribution < 1.29 is 37.0 Å². The standard InChI is InChI=1S/C25H29F3N2O5/c1-15-19(20(31)30-10-7-16-5-6-18(25(26,27)28)13-17(16)14-30)24(34-21(15)32)8-11-29(12-9-24)22(33)35-23(2,3)4/h5-6,13H,7-12,14H2,1-4H3. The molecule has 3 aliphatic rings. The van der Waals surface area contributed by atoms with Gasteiger partial charge in [0.2, 0.25) is 0 Å². The summed E-state index contributed by atoms with van der Waals surface area (Å²) in [5.74, 6) is -1.00. The first-order valence-corrected chi connectivity index (χ1v) is 11.6. The lowest BCUT2D eigenvalue weighted by molar-refractivity contribution is -0.151. The summed E-state index contributed by atoms with van der Waals surface area (Å²) in [5, 5.41) is 0. The van der Waals surface area contributed by atoms with E-state index in [1.54, 1.807) is 20.8 Å². The molecule has 0 radical (unpaired) electrons. The Kier molecular flexibility index (Phi) is 6.13. The quantitative estimate of drug-likeness (QED) is 0.546. The molecule has 1 aromatic carbocycles. The van der Waals surface area contributed by atoms with E-state index in [1.807, 2.05) is 0 Å². The highest BCUT2D eigenvalue weighted by molar-refractivity contribution is 6.07. The maximum atomic E-state index is 13.6. The summed E-state index contributed by atoms with van der Waals surface area (Å²) in [7, 11) is 0. The number of ether oxygens (including phenoxy) is 2. The fourth-order valence-corrected chi connectivity index (χ4v) is 4.90. The van der Waals surface area contributed by atoms with Crippen LogP contribution in [0.25, 0.3) is 0 Å². The number of amides is 2. The number of benzene rings is 1. The van der Waals surface area contributed by atoms with Gasteiger partial charge < -0.3 is 19.3 Å². The Morgan fingerprint density at radius 3 is 2.29 bits per heavy atom. The van der Waals surface area contributed by atoms with Crippen molar-refractivity contribution in [3.05, 3.63) is 46.0 Å². The third kappa shape index (κ3) is 4.88. The van der Waals surface area contributed by atoms with Gasteiger partial charge in [-0.3, -0.25) is 4.79 Å². The predicted octanol–water partition coefficient (Wildman–Crippen LogP) is 4.23. The van der Waals surface area contributed by atoms with Crippen molar-refractivity contribution in [1.82, 2.24) is 9.80 Å². The molecule has 4 rings (SSSR count). The Morgan fingerprint density at radius 2 is 1.69 bits per heavy atom. The summed E-state index contributed by atoms with van der Waals surface area (Å²) < 4.78 is 50.7. The lowest BCUT2D eigenvalue weighted by Gasteiger charge is -2.41. The van der Waals surface area contributed by atoms with Crippen molar-refractivity contribution in [2.24, 2.45) is 0 Å². The van der Waals surface area contributed by atoms with Crippen LogP contribution in [-0.4, -0.2) is 58.6 Å². The summed E-state index contributed by atoms with van der Waals surface area (Å²) in [6.07, 6.45) is -4.06. The van der Waals surface area contributed by atoms with E-state index in [1.165, 1.54) is 22.8 Å². The van der Waals surface area contributed by atoms with E-state index >= 15 is 0 Å². The average molecular weight is 495 g/mol. The fourth-order valence-electron chi connectivity index (χ4n) is 4.90. The second-order valence-electron chi connectivity index (χ2n) is 10.3. The van der Waals surface area contributed by atoms with Crippen molar-refractivity contribution in [2.75, 3.05) is 19.6 Å². The number of alkyl halides is 3. The van der Waals surface area contributed by atoms with Crippen molar-refractivity contribution in [2.45, 2.75) is 70.9 Å². The lowest BCUT2D eigenvalue weighted by atomic mass is 9.82. The van der Waals surface area contributed by atoms with E-state index in [2.05, 4.69) is 0 Å². The predicted molar refractivity (Wildman–Crippen MR) is 119 cm³/mol. The zero-order valence-corrected chi connectivity index (χ0v) is 20.3. The van der Waals surface area contributed by atoms with Crippen LogP contribution >= 0.6 is 0 Å². The molecular weight excluding hydrogens is 465 g/mol. The van der Waals surface area contributed by atoms with Gasteiger partial charge in [0.15, 0.2) is 0 Å². The van der Waals surface area contributed by atoms with Crippen LogP contribution in [0, 0.1) is 0 Å². The molecule has 1 spiro atoms. The highest BCUT2D eigenvalue weighted by Crippen LogP contribution is 2.42. The van der Waals surface area contributed by atoms with E-state index in [0.717, 1.165) is 17.7 Å². The normalized spacial score (nSPS) is 20.1. The van der Waals surface area contributed by atoms with Gasteiger partial charge in [0.1, 0.15) is 11.2 Å². The second-order valence-corrected chi connectivity index (χ2v) is 10.3. The molecule has 2 amide bonds. The number of rotatable bonds is 1. The second kappa shape index (κ2) is 8.57. The van der Waals surface area contributed by atoms with Gasteiger partial charge in [-0.1, -0.05) is 6.07 Å². The molecule has 3 aliphatic heterocycles. The Labute approximate surface area is 201 Å². The number of fused-ring (bicyclic) bond motifs is 1. The van der Waals surface area contributed by atoms with E-state index < -0.39 is 40.9 Å². The molecule has 1 aromatic rings. The van der Waals surface area contributed by atoms with Gasteiger partial charge in [-0.05, 0) is 57.4 Å². The molecule has 35 heavy (non-hydrogen) atoms. The first-order chi connectivity index (χ1) is 16.2. The Balaban J connectivity index is 1.53. The van der Waals surface area contributed by atoms with Crippen molar-refractivity contribution in [3.63, 3.8) is 0 Å². The van der Waals surface area contributed by atoms with E-state index in [-0.39, 0.29) is 43.6 Å². The van der Waals surface area contributed by atoms with Crippen LogP contribution in [0.15, 0.2) is 29.3 Å². The molecule has 1 fully saturated rings. The molecule has 0 saturated carbocycles. The number of carbonyl (C=O) groups excluding carboxylic acids is 3. The van der Waals surface area contributed by atoms with Crippen LogP contribution < -0.4 is 0 Å². The van der Waals surface area contributed by atoms with Crippen LogP contribution in [0.4, 0.5) is 18.0 Å². The maximum absolute atomic E-state index is 13.6. The van der Waals surface area contributed by atoms with Crippen molar-refractivity contribution in [3.8, 4) is 0 Å². The van der Waals surface area contributed by atoms with Gasteiger partial charge in [0.05, 0.1) is 11.1 Å². The highest BCUT2D eigenvalue weighted by atomic mass is 19.4. The number of halogens is 3. The zero-order valence-electron chi connectivity index (χ0n) is 20.3. The number of hydrogen-bond acceptors (Lipinski definition) is 5. The summed E-state index contributed by atoms with van der Waals surface area (Å²) in [6.45, 7) is 7.66. The van der Waals surface area contributed by atoms with Crippen LogP contribution in [0.1, 0.15) is 57.2 Å². The molecule has 0 bridgehead atoms. The molecule has 0 aromatic heterocycles. The highest BCUT2D eigenvalue weighted by Gasteiger charge is 2.52. The average Bonchev–Trinajstić information content (AvgIpc) is 3.00. The molecule has 3 heterocycles. The molecule has 1 saturated heterocycles. The maximum Gasteiger partial charge on any atom is 0.416 e. The monoisotopic (exact) mass is 494 g/mol. The SMILES string of the molecule is CC1=C(C(=O)N2CCc3ccc(C(F)(F)F)cc3C2)C2(CCN(C(=O)OC(C)(C)C)CC2)OC1=O. The number of carbonyl (C=O) groups is 3. The van der Waals surface area contributed by atoms with Gasteiger partial charge in [-0.2, -0.15) is 13.2 Å². The lowest BCUT2D eigenvalue weighted by Crippen LogP contribution is -2.51. The Hall–Kier alpha value is -3.04. The fraction of sp³-hybridized carbons (Fsp3) is 0.560. The molecule has 7 nitrogen and oxygen atoms in total. The van der Waals surface area contributed by atoms with Crippen molar-refractivity contribution in [1.29, 1.82) is 0 Å². The van der Waals surface area contributed by atoms with E-state index in [0.29, 0.717) is 18.5 Å². The number of esters is 1. The van der Waals surface area contributed by atoms with E-state index in [4.69, 9.17) is 9.47 Å². The van der Waals surface area contributed by atoms with Crippen LogP contribution in [-0.2, 0) is 38.2 Å². The molecule has 0 unspecified atom stereocenters. The van der Waals surface area contributed by atoms with Gasteiger partial charge in [-0.15, -0.1) is 0 Å². The summed E-state index contributed by atoms with van der Waals surface area (Å²) in [6, 6.07) is 3.60. The minimum Gasteiger partial charge on any atom is -0.450 e. The zero-order chi connectivity index (χ0) is 25.8. The summed E-state index contributed by atoms with van der Waals surface area (Å²) in [5.41, 5.74) is -0.919. The molecule has 0 N–H and O–H groups in total. The van der Waals surface area contributed by atoms with Crippen LogP contribution in [0.5, 0.6) is 0 Å². The topological polar surface area (TPSA) is 76.2 Å². The summed E-state index contributed by atoms with van der Waals surface area (Å²) >= 11 is 0. The van der Waals surface area contributed by atoms with Gasteiger partial charge in [0, 0.05) is 44.6 Å². The van der Waals surface area contributed by atoms with Crippen molar-refractivity contribution >= 4 is 18.0 Å². The smallest absolute Gasteiger partial charge is 0.416 e. The number of piperidine rings is 1. The number of nitrogens with zero attached hydrogens (tertiary/aromatic N) is 2. The first kappa shape index (κ1) is 25.1. The molecule has 0 aliphatic carbocycles. The van der Waals surface area contributed by atoms with Crippen LogP contribution in [0.3, 0.4) is 0 Å². The number of likely N-dealkylation sites (tertiary alicyclic amines) is 1.